The van der Waals surface area contributed by atoms with Crippen molar-refractivity contribution in [3.8, 4) is 0 Å². The van der Waals surface area contributed by atoms with E-state index in [0.29, 0.717) is 5.56 Å². The second-order valence-corrected chi connectivity index (χ2v) is 4.62. The fourth-order valence-corrected chi connectivity index (χ4v) is 2.08. The standard InChI is InChI=1S/C14H11ClF3N/c15-12-6-9(16)2-1-8(12)5-14(19)11-4-3-10(17)7-13(11)18/h1-4,6-7,14H,5,19H2. The van der Waals surface area contributed by atoms with Crippen molar-refractivity contribution >= 4 is 11.6 Å². The van der Waals surface area contributed by atoms with E-state index in [0.717, 1.165) is 12.1 Å². The van der Waals surface area contributed by atoms with E-state index in [1.807, 2.05) is 0 Å². The molecule has 0 aromatic heterocycles. The third-order valence-electron chi connectivity index (χ3n) is 2.82. The molecule has 0 radical (unpaired) electrons. The monoisotopic (exact) mass is 285 g/mol. The van der Waals surface area contributed by atoms with Crippen molar-refractivity contribution in [3.63, 3.8) is 0 Å². The van der Waals surface area contributed by atoms with Crippen LogP contribution in [0.3, 0.4) is 0 Å². The van der Waals surface area contributed by atoms with Crippen molar-refractivity contribution in [2.45, 2.75) is 12.5 Å². The van der Waals surface area contributed by atoms with Crippen molar-refractivity contribution in [1.82, 2.24) is 0 Å². The van der Waals surface area contributed by atoms with Crippen LogP contribution in [0.5, 0.6) is 0 Å². The Hall–Kier alpha value is -1.52. The molecule has 0 saturated heterocycles. The van der Waals surface area contributed by atoms with Crippen LogP contribution in [0.2, 0.25) is 5.02 Å². The smallest absolute Gasteiger partial charge is 0.130 e. The Kier molecular flexibility index (Phi) is 4.12. The Morgan fingerprint density at radius 2 is 1.63 bits per heavy atom. The van der Waals surface area contributed by atoms with Gasteiger partial charge in [-0.05, 0) is 30.2 Å². The lowest BCUT2D eigenvalue weighted by Gasteiger charge is -2.14. The van der Waals surface area contributed by atoms with Crippen molar-refractivity contribution in [1.29, 1.82) is 0 Å². The minimum Gasteiger partial charge on any atom is -0.324 e. The van der Waals surface area contributed by atoms with E-state index in [-0.39, 0.29) is 17.0 Å². The first-order valence-corrected chi connectivity index (χ1v) is 5.99. The largest absolute Gasteiger partial charge is 0.324 e. The van der Waals surface area contributed by atoms with Crippen LogP contribution in [-0.4, -0.2) is 0 Å². The highest BCUT2D eigenvalue weighted by Crippen LogP contribution is 2.24. The summed E-state index contributed by atoms with van der Waals surface area (Å²) >= 11 is 5.88. The van der Waals surface area contributed by atoms with Crippen LogP contribution >= 0.6 is 11.6 Å². The molecule has 2 aromatic rings. The molecule has 0 aliphatic carbocycles. The Balaban J connectivity index is 2.23. The average molecular weight is 286 g/mol. The van der Waals surface area contributed by atoms with Crippen LogP contribution in [0.15, 0.2) is 36.4 Å². The molecule has 100 valence electrons. The molecule has 1 atom stereocenters. The van der Waals surface area contributed by atoms with Gasteiger partial charge in [0.05, 0.1) is 0 Å². The predicted octanol–water partition coefficient (Wildman–Crippen LogP) is 4.00. The van der Waals surface area contributed by atoms with Crippen LogP contribution in [0, 0.1) is 17.5 Å². The summed E-state index contributed by atoms with van der Waals surface area (Å²) in [5.74, 6) is -1.81. The molecule has 0 heterocycles. The molecule has 5 heteroatoms. The Labute approximate surface area is 113 Å². The van der Waals surface area contributed by atoms with Gasteiger partial charge in [0.15, 0.2) is 0 Å². The molecule has 19 heavy (non-hydrogen) atoms. The molecule has 0 spiro atoms. The molecule has 2 aromatic carbocycles. The molecule has 1 nitrogen and oxygen atoms in total. The van der Waals surface area contributed by atoms with Gasteiger partial charge in [0, 0.05) is 22.7 Å². The third-order valence-corrected chi connectivity index (χ3v) is 3.17. The van der Waals surface area contributed by atoms with Crippen LogP contribution in [-0.2, 0) is 6.42 Å². The molecule has 2 rings (SSSR count). The van der Waals surface area contributed by atoms with E-state index >= 15 is 0 Å². The van der Waals surface area contributed by atoms with Gasteiger partial charge in [-0.25, -0.2) is 13.2 Å². The summed E-state index contributed by atoms with van der Waals surface area (Å²) < 4.78 is 39.3. The minimum absolute atomic E-state index is 0.196. The molecule has 0 saturated carbocycles. The molecule has 0 fully saturated rings. The van der Waals surface area contributed by atoms with E-state index in [1.54, 1.807) is 0 Å². The lowest BCUT2D eigenvalue weighted by Crippen LogP contribution is -2.15. The first kappa shape index (κ1) is 13.9. The van der Waals surface area contributed by atoms with E-state index < -0.39 is 23.5 Å². The molecule has 0 amide bonds. The lowest BCUT2D eigenvalue weighted by molar-refractivity contribution is 0.554. The summed E-state index contributed by atoms with van der Waals surface area (Å²) in [5.41, 5.74) is 6.68. The van der Waals surface area contributed by atoms with Crippen LogP contribution in [0.25, 0.3) is 0 Å². The second-order valence-electron chi connectivity index (χ2n) is 4.21. The van der Waals surface area contributed by atoms with Gasteiger partial charge >= 0.3 is 0 Å². The molecule has 2 N–H and O–H groups in total. The molecule has 0 aliphatic heterocycles. The molecular formula is C14H11ClF3N. The zero-order valence-corrected chi connectivity index (χ0v) is 10.6. The fourth-order valence-electron chi connectivity index (χ4n) is 1.84. The number of hydrogen-bond acceptors (Lipinski definition) is 1. The molecule has 0 bridgehead atoms. The number of rotatable bonds is 3. The number of benzene rings is 2. The van der Waals surface area contributed by atoms with Gasteiger partial charge in [-0.1, -0.05) is 23.7 Å². The maximum absolute atomic E-state index is 13.6. The normalized spacial score (nSPS) is 12.5. The first-order chi connectivity index (χ1) is 8.97. The number of hydrogen-bond donors (Lipinski definition) is 1. The van der Waals surface area contributed by atoms with Gasteiger partial charge in [0.2, 0.25) is 0 Å². The van der Waals surface area contributed by atoms with Gasteiger partial charge in [-0.15, -0.1) is 0 Å². The summed E-state index contributed by atoms with van der Waals surface area (Å²) in [5, 5.41) is 0.234. The Morgan fingerprint density at radius 1 is 1.00 bits per heavy atom. The van der Waals surface area contributed by atoms with Gasteiger partial charge in [-0.3, -0.25) is 0 Å². The predicted molar refractivity (Wildman–Crippen MR) is 68.4 cm³/mol. The van der Waals surface area contributed by atoms with Crippen molar-refractivity contribution in [3.05, 3.63) is 70.0 Å². The van der Waals surface area contributed by atoms with Gasteiger partial charge in [0.25, 0.3) is 0 Å². The van der Waals surface area contributed by atoms with E-state index in [1.165, 1.54) is 24.3 Å². The first-order valence-electron chi connectivity index (χ1n) is 5.62. The summed E-state index contributed by atoms with van der Waals surface area (Å²) in [4.78, 5) is 0. The number of nitrogens with two attached hydrogens (primary N) is 1. The summed E-state index contributed by atoms with van der Waals surface area (Å²) in [7, 11) is 0. The van der Waals surface area contributed by atoms with E-state index in [2.05, 4.69) is 0 Å². The topological polar surface area (TPSA) is 26.0 Å². The maximum atomic E-state index is 13.6. The van der Waals surface area contributed by atoms with E-state index in [4.69, 9.17) is 17.3 Å². The van der Waals surface area contributed by atoms with Gasteiger partial charge in [-0.2, -0.15) is 0 Å². The zero-order chi connectivity index (χ0) is 14.0. The third kappa shape index (κ3) is 3.28. The molecule has 1 unspecified atom stereocenters. The number of halogens is 4. The van der Waals surface area contributed by atoms with E-state index in [9.17, 15) is 13.2 Å². The Bertz CT molecular complexity index is 601. The average Bonchev–Trinajstić information content (AvgIpc) is 2.32. The lowest BCUT2D eigenvalue weighted by atomic mass is 9.99. The maximum Gasteiger partial charge on any atom is 0.130 e. The van der Waals surface area contributed by atoms with Crippen molar-refractivity contribution < 1.29 is 13.2 Å². The van der Waals surface area contributed by atoms with Crippen LogP contribution < -0.4 is 5.73 Å². The Morgan fingerprint density at radius 3 is 2.26 bits per heavy atom. The van der Waals surface area contributed by atoms with Gasteiger partial charge in [0.1, 0.15) is 17.5 Å². The van der Waals surface area contributed by atoms with Crippen LogP contribution in [0.1, 0.15) is 17.2 Å². The van der Waals surface area contributed by atoms with Crippen molar-refractivity contribution in [2.24, 2.45) is 5.73 Å². The molecule has 0 aliphatic rings. The van der Waals surface area contributed by atoms with Crippen molar-refractivity contribution in [2.75, 3.05) is 0 Å². The zero-order valence-electron chi connectivity index (χ0n) is 9.84. The SMILES string of the molecule is NC(Cc1ccc(F)cc1Cl)c1ccc(F)cc1F. The summed E-state index contributed by atoms with van der Waals surface area (Å²) in [6, 6.07) is 6.47. The quantitative estimate of drug-likeness (QED) is 0.906. The summed E-state index contributed by atoms with van der Waals surface area (Å²) in [6.45, 7) is 0. The summed E-state index contributed by atoms with van der Waals surface area (Å²) in [6.07, 6.45) is 0.238. The highest BCUT2D eigenvalue weighted by Gasteiger charge is 2.14. The molecular weight excluding hydrogens is 275 g/mol. The fraction of sp³-hybridized carbons (Fsp3) is 0.143. The highest BCUT2D eigenvalue weighted by atomic mass is 35.5. The second kappa shape index (κ2) is 5.63. The highest BCUT2D eigenvalue weighted by molar-refractivity contribution is 6.31. The van der Waals surface area contributed by atoms with Gasteiger partial charge < -0.3 is 5.73 Å². The van der Waals surface area contributed by atoms with Crippen LogP contribution in [0.4, 0.5) is 13.2 Å². The minimum atomic E-state index is -0.703.